The molecule has 0 fully saturated rings. The molecule has 2 heterocycles. The topological polar surface area (TPSA) is 48.9 Å². The van der Waals surface area contributed by atoms with Crippen molar-refractivity contribution in [1.29, 1.82) is 0 Å². The lowest BCUT2D eigenvalue weighted by Crippen LogP contribution is -1.92. The largest absolute Gasteiger partial charge is 0.392 e. The first kappa shape index (κ1) is 14.5. The fourth-order valence-electron chi connectivity index (χ4n) is 2.85. The molecular weight excluding hydrogens is 331 g/mol. The summed E-state index contributed by atoms with van der Waals surface area (Å²) < 4.78 is 0. The average Bonchev–Trinajstić information content (AvgIpc) is 2.96. The van der Waals surface area contributed by atoms with Crippen LogP contribution in [0.2, 0.25) is 10.0 Å². The van der Waals surface area contributed by atoms with Gasteiger partial charge in [0.05, 0.1) is 17.8 Å². The quantitative estimate of drug-likeness (QED) is 0.527. The highest BCUT2D eigenvalue weighted by atomic mass is 35.5. The molecule has 114 valence electrons. The standard InChI is InChI=1S/C18H12Cl2N2O/c19-11-2-4-16-14(6-11)15(8-21-16)17-5-10(9-23)13-3-1-12(20)7-18(13)22-17/h1-8,21,23H,9H2. The number of aliphatic hydroxyl groups is 1. The molecule has 2 N–H and O–H groups in total. The van der Waals surface area contributed by atoms with E-state index in [0.717, 1.165) is 38.6 Å². The summed E-state index contributed by atoms with van der Waals surface area (Å²) in [5, 5.41) is 12.9. The number of aromatic amines is 1. The van der Waals surface area contributed by atoms with Gasteiger partial charge >= 0.3 is 0 Å². The molecule has 2 aromatic carbocycles. The van der Waals surface area contributed by atoms with Crippen molar-refractivity contribution in [2.75, 3.05) is 0 Å². The third-order valence-corrected chi connectivity index (χ3v) is 4.42. The van der Waals surface area contributed by atoms with Crippen molar-refractivity contribution in [3.63, 3.8) is 0 Å². The van der Waals surface area contributed by atoms with Gasteiger partial charge in [-0.15, -0.1) is 0 Å². The van der Waals surface area contributed by atoms with Crippen molar-refractivity contribution in [3.8, 4) is 11.3 Å². The first-order valence-electron chi connectivity index (χ1n) is 7.13. The Kier molecular flexibility index (Phi) is 3.49. The van der Waals surface area contributed by atoms with E-state index in [4.69, 9.17) is 28.2 Å². The fraction of sp³-hybridized carbons (Fsp3) is 0.0556. The summed E-state index contributed by atoms with van der Waals surface area (Å²) in [5.74, 6) is 0. The second kappa shape index (κ2) is 5.53. The minimum absolute atomic E-state index is 0.0588. The van der Waals surface area contributed by atoms with Crippen LogP contribution in [0.4, 0.5) is 0 Å². The van der Waals surface area contributed by atoms with E-state index in [-0.39, 0.29) is 6.61 Å². The molecule has 4 rings (SSSR count). The minimum atomic E-state index is -0.0588. The van der Waals surface area contributed by atoms with Crippen molar-refractivity contribution in [2.45, 2.75) is 6.61 Å². The first-order chi connectivity index (χ1) is 11.2. The lowest BCUT2D eigenvalue weighted by molar-refractivity contribution is 0.283. The zero-order valence-electron chi connectivity index (χ0n) is 12.0. The van der Waals surface area contributed by atoms with Gasteiger partial charge in [0.15, 0.2) is 0 Å². The number of halogens is 2. The Labute approximate surface area is 142 Å². The highest BCUT2D eigenvalue weighted by molar-refractivity contribution is 6.31. The molecule has 0 amide bonds. The minimum Gasteiger partial charge on any atom is -0.392 e. The predicted molar refractivity (Wildman–Crippen MR) is 95.0 cm³/mol. The van der Waals surface area contributed by atoms with Crippen LogP contribution in [0.3, 0.4) is 0 Å². The van der Waals surface area contributed by atoms with Crippen molar-refractivity contribution >= 4 is 45.0 Å². The molecule has 0 aliphatic heterocycles. The summed E-state index contributed by atoms with van der Waals surface area (Å²) in [5.41, 5.74) is 4.29. The number of hydrogen-bond donors (Lipinski definition) is 2. The average molecular weight is 343 g/mol. The molecule has 0 spiro atoms. The van der Waals surface area contributed by atoms with Gasteiger partial charge in [-0.25, -0.2) is 4.98 Å². The smallest absolute Gasteiger partial charge is 0.0734 e. The predicted octanol–water partition coefficient (Wildman–Crippen LogP) is 5.18. The van der Waals surface area contributed by atoms with Crippen LogP contribution in [0, 0.1) is 0 Å². The summed E-state index contributed by atoms with van der Waals surface area (Å²) in [6.45, 7) is -0.0588. The zero-order chi connectivity index (χ0) is 16.0. The van der Waals surface area contributed by atoms with E-state index in [1.54, 1.807) is 12.1 Å². The van der Waals surface area contributed by atoms with E-state index in [2.05, 4.69) is 4.98 Å². The molecule has 5 heteroatoms. The molecule has 0 bridgehead atoms. The van der Waals surface area contributed by atoms with E-state index >= 15 is 0 Å². The third kappa shape index (κ3) is 2.47. The molecule has 0 unspecified atom stereocenters. The van der Waals surface area contributed by atoms with Gasteiger partial charge in [0, 0.05) is 38.1 Å². The van der Waals surface area contributed by atoms with Crippen molar-refractivity contribution in [2.24, 2.45) is 0 Å². The van der Waals surface area contributed by atoms with Gasteiger partial charge in [0.2, 0.25) is 0 Å². The van der Waals surface area contributed by atoms with E-state index in [9.17, 15) is 5.11 Å². The van der Waals surface area contributed by atoms with Gasteiger partial charge < -0.3 is 10.1 Å². The van der Waals surface area contributed by atoms with Gasteiger partial charge in [-0.05, 0) is 42.0 Å². The summed E-state index contributed by atoms with van der Waals surface area (Å²) in [4.78, 5) is 7.93. The summed E-state index contributed by atoms with van der Waals surface area (Å²) in [7, 11) is 0. The summed E-state index contributed by atoms with van der Waals surface area (Å²) in [6, 6.07) is 13.1. The molecule has 0 aliphatic carbocycles. The number of fused-ring (bicyclic) bond motifs is 2. The van der Waals surface area contributed by atoms with Crippen LogP contribution < -0.4 is 0 Å². The number of aliphatic hydroxyl groups excluding tert-OH is 1. The lowest BCUT2D eigenvalue weighted by atomic mass is 10.0. The Morgan fingerprint density at radius 3 is 2.57 bits per heavy atom. The molecular formula is C18H12Cl2N2O. The molecule has 2 aromatic heterocycles. The normalized spacial score (nSPS) is 11.4. The van der Waals surface area contributed by atoms with E-state index in [0.29, 0.717) is 10.0 Å². The number of rotatable bonds is 2. The molecule has 0 atom stereocenters. The second-order valence-corrected chi connectivity index (χ2v) is 6.25. The lowest BCUT2D eigenvalue weighted by Gasteiger charge is -2.08. The van der Waals surface area contributed by atoms with Gasteiger partial charge in [0.25, 0.3) is 0 Å². The number of benzene rings is 2. The van der Waals surface area contributed by atoms with Crippen LogP contribution in [-0.2, 0) is 6.61 Å². The Morgan fingerprint density at radius 1 is 0.957 bits per heavy atom. The Bertz CT molecular complexity index is 1040. The highest BCUT2D eigenvalue weighted by Crippen LogP contribution is 2.32. The maximum atomic E-state index is 9.69. The van der Waals surface area contributed by atoms with Crippen molar-refractivity contribution in [1.82, 2.24) is 9.97 Å². The van der Waals surface area contributed by atoms with Gasteiger partial charge in [-0.2, -0.15) is 0 Å². The molecule has 0 aliphatic rings. The van der Waals surface area contributed by atoms with Crippen LogP contribution in [0.5, 0.6) is 0 Å². The van der Waals surface area contributed by atoms with E-state index in [1.165, 1.54) is 0 Å². The number of nitrogens with one attached hydrogen (secondary N) is 1. The number of hydrogen-bond acceptors (Lipinski definition) is 2. The SMILES string of the molecule is OCc1cc(-c2c[nH]c3ccc(Cl)cc23)nc2cc(Cl)ccc12. The van der Waals surface area contributed by atoms with Crippen molar-refractivity contribution < 1.29 is 5.11 Å². The second-order valence-electron chi connectivity index (χ2n) is 5.38. The fourth-order valence-corrected chi connectivity index (χ4v) is 3.19. The highest BCUT2D eigenvalue weighted by Gasteiger charge is 2.12. The molecule has 0 radical (unpaired) electrons. The summed E-state index contributed by atoms with van der Waals surface area (Å²) >= 11 is 12.2. The Hall–Kier alpha value is -2.07. The van der Waals surface area contributed by atoms with E-state index in [1.807, 2.05) is 36.5 Å². The van der Waals surface area contributed by atoms with Crippen LogP contribution in [0.15, 0.2) is 48.7 Å². The van der Waals surface area contributed by atoms with Crippen LogP contribution >= 0.6 is 23.2 Å². The third-order valence-electron chi connectivity index (χ3n) is 3.95. The Morgan fingerprint density at radius 2 is 1.74 bits per heavy atom. The molecule has 0 saturated heterocycles. The first-order valence-corrected chi connectivity index (χ1v) is 7.88. The molecule has 0 saturated carbocycles. The van der Waals surface area contributed by atoms with Crippen molar-refractivity contribution in [3.05, 3.63) is 64.3 Å². The van der Waals surface area contributed by atoms with E-state index < -0.39 is 0 Å². The van der Waals surface area contributed by atoms with Crippen LogP contribution in [0.1, 0.15) is 5.56 Å². The molecule has 4 aromatic rings. The summed E-state index contributed by atoms with van der Waals surface area (Å²) in [6.07, 6.45) is 1.90. The number of H-pyrrole nitrogens is 1. The monoisotopic (exact) mass is 342 g/mol. The maximum absolute atomic E-state index is 9.69. The molecule has 23 heavy (non-hydrogen) atoms. The van der Waals surface area contributed by atoms with Crippen LogP contribution in [-0.4, -0.2) is 15.1 Å². The van der Waals surface area contributed by atoms with Gasteiger partial charge in [0.1, 0.15) is 0 Å². The molecule has 3 nitrogen and oxygen atoms in total. The number of aromatic nitrogens is 2. The zero-order valence-corrected chi connectivity index (χ0v) is 13.5. The number of nitrogens with zero attached hydrogens (tertiary/aromatic N) is 1. The maximum Gasteiger partial charge on any atom is 0.0734 e. The van der Waals surface area contributed by atoms with Gasteiger partial charge in [-0.1, -0.05) is 29.3 Å². The van der Waals surface area contributed by atoms with Crippen LogP contribution in [0.25, 0.3) is 33.1 Å². The number of pyridine rings is 1. The Balaban J connectivity index is 2.02. The van der Waals surface area contributed by atoms with Gasteiger partial charge in [-0.3, -0.25) is 0 Å².